The number of Topliss-reactive ketones (excluding diaryl/α,β-unsaturated/α-hetero) is 1. The second-order valence-corrected chi connectivity index (χ2v) is 5.15. The Morgan fingerprint density at radius 2 is 2.27 bits per heavy atom. The van der Waals surface area contributed by atoms with Crippen LogP contribution in [-0.2, 0) is 0 Å². The predicted molar refractivity (Wildman–Crippen MR) is 65.8 cm³/mol. The highest BCUT2D eigenvalue weighted by molar-refractivity contribution is 7.10. The third-order valence-electron chi connectivity index (χ3n) is 2.29. The van der Waals surface area contributed by atoms with E-state index in [9.17, 15) is 4.79 Å². The van der Waals surface area contributed by atoms with Gasteiger partial charge in [-0.25, -0.2) is 0 Å². The molecule has 1 aromatic heterocycles. The minimum absolute atomic E-state index is 0.277. The van der Waals surface area contributed by atoms with Crippen molar-refractivity contribution in [2.75, 3.05) is 6.54 Å². The molecule has 0 radical (unpaired) electrons. The molecule has 1 aromatic rings. The van der Waals surface area contributed by atoms with Crippen LogP contribution in [-0.4, -0.2) is 18.4 Å². The Bertz CT molecular complexity index is 317. The van der Waals surface area contributed by atoms with Crippen LogP contribution in [0.1, 0.15) is 41.9 Å². The molecule has 0 aliphatic carbocycles. The summed E-state index contributed by atoms with van der Waals surface area (Å²) in [6.45, 7) is 7.16. The number of hydrogen-bond acceptors (Lipinski definition) is 3. The van der Waals surface area contributed by atoms with Crippen LogP contribution in [0, 0.1) is 6.92 Å². The summed E-state index contributed by atoms with van der Waals surface area (Å²) in [5.74, 6) is 0.277. The third kappa shape index (κ3) is 4.14. The lowest BCUT2D eigenvalue weighted by Gasteiger charge is -2.06. The maximum absolute atomic E-state index is 11.8. The summed E-state index contributed by atoms with van der Waals surface area (Å²) in [4.78, 5) is 12.9. The van der Waals surface area contributed by atoms with Gasteiger partial charge in [0.25, 0.3) is 0 Å². The highest BCUT2D eigenvalue weighted by Crippen LogP contribution is 2.17. The van der Waals surface area contributed by atoms with Crippen LogP contribution in [0.5, 0.6) is 0 Å². The summed E-state index contributed by atoms with van der Waals surface area (Å²) in [5, 5.41) is 5.29. The Labute approximate surface area is 95.7 Å². The fraction of sp³-hybridized carbons (Fsp3) is 0.583. The van der Waals surface area contributed by atoms with Crippen LogP contribution in [0.15, 0.2) is 11.4 Å². The van der Waals surface area contributed by atoms with Crippen molar-refractivity contribution in [2.45, 2.75) is 39.7 Å². The first-order valence-corrected chi connectivity index (χ1v) is 6.30. The molecule has 0 aromatic carbocycles. The summed E-state index contributed by atoms with van der Waals surface area (Å²) in [6, 6.07) is 2.43. The Hall–Kier alpha value is -0.670. The number of carbonyl (C=O) groups excluding carboxylic acids is 1. The fourth-order valence-electron chi connectivity index (χ4n) is 1.45. The zero-order chi connectivity index (χ0) is 11.3. The quantitative estimate of drug-likeness (QED) is 0.595. The number of hydrogen-bond donors (Lipinski definition) is 1. The van der Waals surface area contributed by atoms with E-state index < -0.39 is 0 Å². The first-order chi connectivity index (χ1) is 7.11. The van der Waals surface area contributed by atoms with Gasteiger partial charge in [-0.1, -0.05) is 13.8 Å². The summed E-state index contributed by atoms with van der Waals surface area (Å²) in [7, 11) is 0. The van der Waals surface area contributed by atoms with Crippen molar-refractivity contribution < 1.29 is 4.79 Å². The molecule has 15 heavy (non-hydrogen) atoms. The van der Waals surface area contributed by atoms with E-state index in [0.29, 0.717) is 12.5 Å². The molecule has 0 bridgehead atoms. The second-order valence-electron chi connectivity index (χ2n) is 4.03. The summed E-state index contributed by atoms with van der Waals surface area (Å²) in [6.07, 6.45) is 1.57. The van der Waals surface area contributed by atoms with Gasteiger partial charge in [-0.3, -0.25) is 4.79 Å². The molecule has 0 saturated heterocycles. The van der Waals surface area contributed by atoms with Crippen LogP contribution in [0.2, 0.25) is 0 Å². The first kappa shape index (κ1) is 12.4. The molecule has 0 amide bonds. The molecule has 0 atom stereocenters. The Balaban J connectivity index is 2.28. The lowest BCUT2D eigenvalue weighted by molar-refractivity contribution is 0.0979. The highest BCUT2D eigenvalue weighted by atomic mass is 32.1. The fourth-order valence-corrected chi connectivity index (χ4v) is 2.17. The lowest BCUT2D eigenvalue weighted by Crippen LogP contribution is -2.24. The molecule has 2 nitrogen and oxygen atoms in total. The van der Waals surface area contributed by atoms with E-state index in [-0.39, 0.29) is 5.78 Å². The predicted octanol–water partition coefficient (Wildman–Crippen LogP) is 3.02. The van der Waals surface area contributed by atoms with Crippen molar-refractivity contribution in [3.8, 4) is 0 Å². The van der Waals surface area contributed by atoms with E-state index in [1.807, 2.05) is 18.4 Å². The molecule has 84 valence electrons. The van der Waals surface area contributed by atoms with Crippen LogP contribution in [0.25, 0.3) is 0 Å². The molecule has 0 spiro atoms. The Kier molecular flexibility index (Phi) is 4.99. The smallest absolute Gasteiger partial charge is 0.164 e. The number of carbonyl (C=O) groups is 1. The SMILES string of the molecule is Cc1sccc1C(=O)CCCNC(C)C. The normalized spacial score (nSPS) is 10.9. The second kappa shape index (κ2) is 6.03. The highest BCUT2D eigenvalue weighted by Gasteiger charge is 2.09. The van der Waals surface area contributed by atoms with Crippen molar-refractivity contribution in [3.05, 3.63) is 21.9 Å². The number of ketones is 1. The minimum Gasteiger partial charge on any atom is -0.315 e. The van der Waals surface area contributed by atoms with E-state index in [2.05, 4.69) is 19.2 Å². The topological polar surface area (TPSA) is 29.1 Å². The molecule has 1 heterocycles. The minimum atomic E-state index is 0.277. The number of rotatable bonds is 6. The van der Waals surface area contributed by atoms with Crippen LogP contribution < -0.4 is 5.32 Å². The molecule has 0 unspecified atom stereocenters. The lowest BCUT2D eigenvalue weighted by atomic mass is 10.1. The molecular weight excluding hydrogens is 206 g/mol. The van der Waals surface area contributed by atoms with Gasteiger partial charge in [0.05, 0.1) is 0 Å². The van der Waals surface area contributed by atoms with Gasteiger partial charge in [0.15, 0.2) is 5.78 Å². The van der Waals surface area contributed by atoms with Gasteiger partial charge in [-0.05, 0) is 31.3 Å². The van der Waals surface area contributed by atoms with E-state index in [0.717, 1.165) is 23.4 Å². The van der Waals surface area contributed by atoms with Gasteiger partial charge in [0.1, 0.15) is 0 Å². The summed E-state index contributed by atoms with van der Waals surface area (Å²) < 4.78 is 0. The summed E-state index contributed by atoms with van der Waals surface area (Å²) >= 11 is 1.64. The maximum atomic E-state index is 11.8. The molecule has 1 N–H and O–H groups in total. The van der Waals surface area contributed by atoms with Crippen molar-refractivity contribution in [1.29, 1.82) is 0 Å². The average molecular weight is 225 g/mol. The molecule has 0 aliphatic rings. The largest absolute Gasteiger partial charge is 0.315 e. The van der Waals surface area contributed by atoms with Gasteiger partial charge < -0.3 is 5.32 Å². The van der Waals surface area contributed by atoms with Crippen molar-refractivity contribution in [2.24, 2.45) is 0 Å². The first-order valence-electron chi connectivity index (χ1n) is 5.42. The van der Waals surface area contributed by atoms with Crippen molar-refractivity contribution in [1.82, 2.24) is 5.32 Å². The van der Waals surface area contributed by atoms with Crippen LogP contribution in [0.4, 0.5) is 0 Å². The number of aryl methyl sites for hydroxylation is 1. The van der Waals surface area contributed by atoms with Gasteiger partial charge in [0, 0.05) is 22.9 Å². The monoisotopic (exact) mass is 225 g/mol. The van der Waals surface area contributed by atoms with Gasteiger partial charge in [-0.15, -0.1) is 11.3 Å². The van der Waals surface area contributed by atoms with Gasteiger partial charge >= 0.3 is 0 Å². The van der Waals surface area contributed by atoms with E-state index in [4.69, 9.17) is 0 Å². The number of nitrogens with one attached hydrogen (secondary N) is 1. The van der Waals surface area contributed by atoms with Gasteiger partial charge in [0.2, 0.25) is 0 Å². The number of thiophene rings is 1. The standard InChI is InChI=1S/C12H19NOS/c1-9(2)13-7-4-5-12(14)11-6-8-15-10(11)3/h6,8-9,13H,4-5,7H2,1-3H3. The van der Waals surface area contributed by atoms with Crippen molar-refractivity contribution in [3.63, 3.8) is 0 Å². The maximum Gasteiger partial charge on any atom is 0.164 e. The van der Waals surface area contributed by atoms with Crippen molar-refractivity contribution >= 4 is 17.1 Å². The Morgan fingerprint density at radius 1 is 1.53 bits per heavy atom. The zero-order valence-electron chi connectivity index (χ0n) is 9.67. The van der Waals surface area contributed by atoms with Gasteiger partial charge in [-0.2, -0.15) is 0 Å². The van der Waals surface area contributed by atoms with Crippen LogP contribution in [0.3, 0.4) is 0 Å². The summed E-state index contributed by atoms with van der Waals surface area (Å²) in [5.41, 5.74) is 0.907. The Morgan fingerprint density at radius 3 is 2.80 bits per heavy atom. The van der Waals surface area contributed by atoms with E-state index in [1.54, 1.807) is 11.3 Å². The molecule has 1 rings (SSSR count). The average Bonchev–Trinajstić information content (AvgIpc) is 2.58. The molecule has 0 fully saturated rings. The molecule has 3 heteroatoms. The van der Waals surface area contributed by atoms with E-state index in [1.165, 1.54) is 0 Å². The van der Waals surface area contributed by atoms with Crippen LogP contribution >= 0.6 is 11.3 Å². The molecule has 0 saturated carbocycles. The zero-order valence-corrected chi connectivity index (χ0v) is 10.5. The third-order valence-corrected chi connectivity index (χ3v) is 3.14. The van der Waals surface area contributed by atoms with E-state index >= 15 is 0 Å². The molecular formula is C12H19NOS. The molecule has 0 aliphatic heterocycles.